The summed E-state index contributed by atoms with van der Waals surface area (Å²) in [4.78, 5) is 0. The quantitative estimate of drug-likeness (QED) is 0.928. The fraction of sp³-hybridized carbons (Fsp3) is 0.625. The van der Waals surface area contributed by atoms with Crippen molar-refractivity contribution < 1.29 is 13.2 Å². The normalized spacial score (nSPS) is 20.3. The van der Waals surface area contributed by atoms with Crippen molar-refractivity contribution in [1.82, 2.24) is 5.32 Å². The molecule has 0 aromatic heterocycles. The van der Waals surface area contributed by atoms with Gasteiger partial charge < -0.3 is 10.1 Å². The van der Waals surface area contributed by atoms with Gasteiger partial charge in [0.15, 0.2) is 0 Å². The van der Waals surface area contributed by atoms with Crippen molar-refractivity contribution in [2.45, 2.75) is 45.7 Å². The molecule has 0 saturated heterocycles. The molecular formula is C16H25NO3S. The van der Waals surface area contributed by atoms with E-state index in [-0.39, 0.29) is 17.8 Å². The lowest BCUT2D eigenvalue weighted by molar-refractivity contribution is 0.312. The van der Waals surface area contributed by atoms with Crippen LogP contribution in [0, 0.1) is 13.8 Å². The monoisotopic (exact) mass is 311 g/mol. The lowest BCUT2D eigenvalue weighted by Crippen LogP contribution is -2.35. The molecule has 0 aliphatic carbocycles. The minimum atomic E-state index is -2.97. The summed E-state index contributed by atoms with van der Waals surface area (Å²) in [5, 5.41) is 3.47. The van der Waals surface area contributed by atoms with Crippen LogP contribution in [0.25, 0.3) is 0 Å². The fourth-order valence-electron chi connectivity index (χ4n) is 3.08. The molecular weight excluding hydrogens is 286 g/mol. The number of hydrogen-bond acceptors (Lipinski definition) is 4. The van der Waals surface area contributed by atoms with Crippen LogP contribution in [0.5, 0.6) is 5.75 Å². The van der Waals surface area contributed by atoms with Gasteiger partial charge in [-0.25, -0.2) is 8.42 Å². The minimum Gasteiger partial charge on any atom is -0.493 e. The third-order valence-corrected chi connectivity index (χ3v) is 4.85. The number of sulfone groups is 1. The van der Waals surface area contributed by atoms with Gasteiger partial charge in [-0.1, -0.05) is 17.7 Å². The highest BCUT2D eigenvalue weighted by Gasteiger charge is 2.23. The van der Waals surface area contributed by atoms with Crippen molar-refractivity contribution in [3.8, 4) is 5.75 Å². The maximum atomic E-state index is 11.4. The van der Waals surface area contributed by atoms with Gasteiger partial charge in [0.2, 0.25) is 0 Å². The molecule has 0 saturated carbocycles. The van der Waals surface area contributed by atoms with Gasteiger partial charge in [-0.05, 0) is 39.2 Å². The van der Waals surface area contributed by atoms with E-state index >= 15 is 0 Å². The van der Waals surface area contributed by atoms with Crippen LogP contribution in [-0.4, -0.2) is 33.1 Å². The summed E-state index contributed by atoms with van der Waals surface area (Å²) >= 11 is 0. The van der Waals surface area contributed by atoms with Gasteiger partial charge >= 0.3 is 0 Å². The molecule has 21 heavy (non-hydrogen) atoms. The van der Waals surface area contributed by atoms with Crippen molar-refractivity contribution in [3.63, 3.8) is 0 Å². The highest BCUT2D eigenvalue weighted by molar-refractivity contribution is 7.90. The van der Waals surface area contributed by atoms with Gasteiger partial charge in [0.25, 0.3) is 0 Å². The second-order valence-electron chi connectivity index (χ2n) is 6.20. The summed E-state index contributed by atoms with van der Waals surface area (Å²) in [7, 11) is -2.97. The Bertz CT molecular complexity index is 610. The SMILES string of the molecule is Cc1cc(C)c2c(c1)C(NC(C)CS(C)(=O)=O)CCCO2. The first-order valence-electron chi connectivity index (χ1n) is 7.44. The predicted molar refractivity (Wildman–Crippen MR) is 85.7 cm³/mol. The van der Waals surface area contributed by atoms with Crippen LogP contribution in [0.15, 0.2) is 12.1 Å². The summed E-state index contributed by atoms with van der Waals surface area (Å²) in [5.41, 5.74) is 3.51. The van der Waals surface area contributed by atoms with Gasteiger partial charge in [0.05, 0.1) is 12.4 Å². The molecule has 2 rings (SSSR count). The van der Waals surface area contributed by atoms with Crippen molar-refractivity contribution in [2.75, 3.05) is 18.6 Å². The molecule has 0 fully saturated rings. The standard InChI is InChI=1S/C16H25NO3S/c1-11-8-12(2)16-14(9-11)15(6-5-7-20-16)17-13(3)10-21(4,18)19/h8-9,13,15,17H,5-7,10H2,1-4H3. The first kappa shape index (κ1) is 16.3. The number of rotatable bonds is 4. The van der Waals surface area contributed by atoms with Crippen molar-refractivity contribution in [3.05, 3.63) is 28.8 Å². The van der Waals surface area contributed by atoms with Gasteiger partial charge in [0.1, 0.15) is 15.6 Å². The third kappa shape index (κ3) is 4.45. The van der Waals surface area contributed by atoms with E-state index in [9.17, 15) is 8.42 Å². The molecule has 2 unspecified atom stereocenters. The van der Waals surface area contributed by atoms with Crippen LogP contribution in [-0.2, 0) is 9.84 Å². The lowest BCUT2D eigenvalue weighted by Gasteiger charge is -2.24. The topological polar surface area (TPSA) is 55.4 Å². The molecule has 1 aromatic carbocycles. The summed E-state index contributed by atoms with van der Waals surface area (Å²) < 4.78 is 28.8. The van der Waals surface area contributed by atoms with Crippen LogP contribution in [0.2, 0.25) is 0 Å². The Morgan fingerprint density at radius 1 is 1.38 bits per heavy atom. The smallest absolute Gasteiger partial charge is 0.148 e. The zero-order chi connectivity index (χ0) is 15.6. The number of fused-ring (bicyclic) bond motifs is 1. The Kier molecular flexibility index (Phi) is 4.94. The summed E-state index contributed by atoms with van der Waals surface area (Å²) in [6, 6.07) is 4.36. The minimum absolute atomic E-state index is 0.0724. The first-order chi connectivity index (χ1) is 9.76. The Labute approximate surface area is 127 Å². The van der Waals surface area contributed by atoms with E-state index in [4.69, 9.17) is 4.74 Å². The maximum Gasteiger partial charge on any atom is 0.148 e. The zero-order valence-corrected chi connectivity index (χ0v) is 14.1. The summed E-state index contributed by atoms with van der Waals surface area (Å²) in [6.07, 6.45) is 3.21. The second-order valence-corrected chi connectivity index (χ2v) is 8.39. The molecule has 0 spiro atoms. The van der Waals surface area contributed by atoms with E-state index in [1.54, 1.807) is 0 Å². The second kappa shape index (κ2) is 6.36. The van der Waals surface area contributed by atoms with E-state index in [1.165, 1.54) is 11.8 Å². The van der Waals surface area contributed by atoms with Crippen LogP contribution in [0.1, 0.15) is 42.5 Å². The van der Waals surface area contributed by atoms with Crippen LogP contribution in [0.4, 0.5) is 0 Å². The largest absolute Gasteiger partial charge is 0.493 e. The highest BCUT2D eigenvalue weighted by atomic mass is 32.2. The zero-order valence-electron chi connectivity index (χ0n) is 13.3. The van der Waals surface area contributed by atoms with Crippen LogP contribution in [0.3, 0.4) is 0 Å². The van der Waals surface area contributed by atoms with E-state index in [0.29, 0.717) is 0 Å². The molecule has 4 nitrogen and oxygen atoms in total. The van der Waals surface area contributed by atoms with Crippen LogP contribution >= 0.6 is 0 Å². The molecule has 5 heteroatoms. The molecule has 1 N–H and O–H groups in total. The fourth-order valence-corrected chi connectivity index (χ4v) is 4.08. The predicted octanol–water partition coefficient (Wildman–Crippen LogP) is 2.54. The number of hydrogen-bond donors (Lipinski definition) is 1. The van der Waals surface area contributed by atoms with E-state index in [2.05, 4.69) is 31.3 Å². The van der Waals surface area contributed by atoms with E-state index in [1.807, 2.05) is 6.92 Å². The first-order valence-corrected chi connectivity index (χ1v) is 9.50. The Morgan fingerprint density at radius 3 is 2.76 bits per heavy atom. The number of nitrogens with one attached hydrogen (secondary N) is 1. The molecule has 0 amide bonds. The average molecular weight is 311 g/mol. The van der Waals surface area contributed by atoms with Gasteiger partial charge in [-0.2, -0.15) is 0 Å². The molecule has 1 aliphatic rings. The van der Waals surface area contributed by atoms with Crippen LogP contribution < -0.4 is 10.1 Å². The van der Waals surface area contributed by atoms with Gasteiger partial charge in [-0.3, -0.25) is 0 Å². The van der Waals surface area contributed by atoms with Crippen molar-refractivity contribution in [2.24, 2.45) is 0 Å². The van der Waals surface area contributed by atoms with Crippen molar-refractivity contribution in [1.29, 1.82) is 0 Å². The maximum absolute atomic E-state index is 11.4. The average Bonchev–Trinajstić information content (AvgIpc) is 2.50. The molecule has 118 valence electrons. The number of aryl methyl sites for hydroxylation is 2. The molecule has 1 aromatic rings. The van der Waals surface area contributed by atoms with Gasteiger partial charge in [0, 0.05) is 23.9 Å². The Balaban J connectivity index is 2.25. The highest BCUT2D eigenvalue weighted by Crippen LogP contribution is 2.35. The lowest BCUT2D eigenvalue weighted by atomic mass is 9.97. The summed E-state index contributed by atoms with van der Waals surface area (Å²) in [5.74, 6) is 1.12. The number of benzene rings is 1. The van der Waals surface area contributed by atoms with E-state index < -0.39 is 9.84 Å². The van der Waals surface area contributed by atoms with Gasteiger partial charge in [-0.15, -0.1) is 0 Å². The molecule has 1 aliphatic heterocycles. The Hall–Kier alpha value is -1.07. The van der Waals surface area contributed by atoms with Crippen molar-refractivity contribution >= 4 is 9.84 Å². The molecule has 0 bridgehead atoms. The summed E-state index contributed by atoms with van der Waals surface area (Å²) in [6.45, 7) is 6.79. The molecule has 0 radical (unpaired) electrons. The number of ether oxygens (including phenoxy) is 1. The van der Waals surface area contributed by atoms with E-state index in [0.717, 1.165) is 36.3 Å². The molecule has 2 atom stereocenters. The third-order valence-electron chi connectivity index (χ3n) is 3.75. The molecule has 1 heterocycles. The Morgan fingerprint density at radius 2 is 2.10 bits per heavy atom.